The number of benzene rings is 1. The van der Waals surface area contributed by atoms with Gasteiger partial charge in [-0.25, -0.2) is 0 Å². The van der Waals surface area contributed by atoms with E-state index in [4.69, 9.17) is 4.74 Å². The molecule has 4 nitrogen and oxygen atoms in total. The lowest BCUT2D eigenvalue weighted by molar-refractivity contribution is 0.0932. The average Bonchev–Trinajstić information content (AvgIpc) is 3.07. The molecule has 0 radical (unpaired) electrons. The first kappa shape index (κ1) is 17.1. The number of thiophene rings is 1. The van der Waals surface area contributed by atoms with Crippen molar-refractivity contribution in [3.05, 3.63) is 57.3 Å². The van der Waals surface area contributed by atoms with E-state index in [1.165, 1.54) is 10.4 Å². The molecule has 1 N–H and O–H groups in total. The Hall–Kier alpha value is -1.69. The maximum Gasteiger partial charge on any atom is 0.251 e. The van der Waals surface area contributed by atoms with Crippen molar-refractivity contribution in [1.82, 2.24) is 10.2 Å². The van der Waals surface area contributed by atoms with Gasteiger partial charge in [-0.15, -0.1) is 11.3 Å². The topological polar surface area (TPSA) is 41.6 Å². The summed E-state index contributed by atoms with van der Waals surface area (Å²) in [6.45, 7) is 5.41. The van der Waals surface area contributed by atoms with Gasteiger partial charge in [0, 0.05) is 43.2 Å². The van der Waals surface area contributed by atoms with Crippen molar-refractivity contribution in [3.63, 3.8) is 0 Å². The van der Waals surface area contributed by atoms with Crippen molar-refractivity contribution in [1.29, 1.82) is 0 Å². The van der Waals surface area contributed by atoms with E-state index in [2.05, 4.69) is 28.6 Å². The van der Waals surface area contributed by atoms with Crippen LogP contribution in [0, 0.1) is 0 Å². The molecule has 1 amide bonds. The second kappa shape index (κ2) is 7.92. The molecule has 0 fully saturated rings. The quantitative estimate of drug-likeness (QED) is 0.876. The monoisotopic (exact) mass is 344 g/mol. The fraction of sp³-hybridized carbons (Fsp3) is 0.421. The van der Waals surface area contributed by atoms with E-state index >= 15 is 0 Å². The second-order valence-electron chi connectivity index (χ2n) is 6.28. The van der Waals surface area contributed by atoms with Crippen molar-refractivity contribution in [2.75, 3.05) is 20.2 Å². The van der Waals surface area contributed by atoms with E-state index in [-0.39, 0.29) is 5.91 Å². The summed E-state index contributed by atoms with van der Waals surface area (Å²) >= 11 is 1.85. The fourth-order valence-electron chi connectivity index (χ4n) is 3.09. The molecule has 128 valence electrons. The predicted molar refractivity (Wildman–Crippen MR) is 97.4 cm³/mol. The Balaban J connectivity index is 1.53. The summed E-state index contributed by atoms with van der Waals surface area (Å²) in [5, 5.41) is 5.24. The Morgan fingerprint density at radius 2 is 2.29 bits per heavy atom. The highest BCUT2D eigenvalue weighted by Crippen LogP contribution is 2.24. The number of hydrogen-bond donors (Lipinski definition) is 1. The Bertz CT molecular complexity index is 698. The van der Waals surface area contributed by atoms with Crippen LogP contribution in [0.5, 0.6) is 0 Å². The number of carbonyl (C=O) groups is 1. The molecule has 0 aliphatic carbocycles. The van der Waals surface area contributed by atoms with Gasteiger partial charge in [-0.2, -0.15) is 0 Å². The third-order valence-electron chi connectivity index (χ3n) is 4.52. The Morgan fingerprint density at radius 1 is 1.42 bits per heavy atom. The van der Waals surface area contributed by atoms with Crippen LogP contribution in [0.1, 0.15) is 33.3 Å². The third-order valence-corrected chi connectivity index (χ3v) is 5.54. The molecule has 0 saturated heterocycles. The van der Waals surface area contributed by atoms with Crippen LogP contribution in [0.3, 0.4) is 0 Å². The van der Waals surface area contributed by atoms with E-state index in [0.29, 0.717) is 24.8 Å². The van der Waals surface area contributed by atoms with E-state index in [0.717, 1.165) is 25.1 Å². The highest BCUT2D eigenvalue weighted by molar-refractivity contribution is 7.10. The summed E-state index contributed by atoms with van der Waals surface area (Å²) < 4.78 is 5.12. The molecular weight excluding hydrogens is 320 g/mol. The lowest BCUT2D eigenvalue weighted by atomic mass is 10.1. The van der Waals surface area contributed by atoms with Gasteiger partial charge in [-0.1, -0.05) is 12.1 Å². The molecule has 1 aliphatic heterocycles. The molecule has 3 rings (SSSR count). The first-order valence-electron chi connectivity index (χ1n) is 8.32. The number of amides is 1. The summed E-state index contributed by atoms with van der Waals surface area (Å²) in [6.07, 6.45) is 1.12. The maximum absolute atomic E-state index is 12.4. The van der Waals surface area contributed by atoms with Crippen LogP contribution in [-0.4, -0.2) is 37.0 Å². The van der Waals surface area contributed by atoms with Crippen LogP contribution >= 0.6 is 11.3 Å². The molecule has 0 saturated carbocycles. The first-order chi connectivity index (χ1) is 11.7. The Kier molecular flexibility index (Phi) is 5.66. The van der Waals surface area contributed by atoms with Crippen LogP contribution in [-0.2, 0) is 24.3 Å². The molecule has 1 unspecified atom stereocenters. The molecule has 0 bridgehead atoms. The lowest BCUT2D eigenvalue weighted by Gasteiger charge is -2.32. The summed E-state index contributed by atoms with van der Waals surface area (Å²) in [6, 6.07) is 10.1. The standard InChI is InChI=1S/C19H24N2O2S/c1-14(21-8-6-18-17(12-21)7-9-24-18)11-20-19(22)16-5-3-4-15(10-16)13-23-2/h3-5,7,9-10,14H,6,8,11-13H2,1-2H3,(H,20,22). The van der Waals surface area contributed by atoms with Gasteiger partial charge in [0.25, 0.3) is 5.91 Å². The van der Waals surface area contributed by atoms with Gasteiger partial charge in [-0.3, -0.25) is 9.69 Å². The molecule has 24 heavy (non-hydrogen) atoms. The molecule has 0 spiro atoms. The minimum absolute atomic E-state index is 0.0203. The highest BCUT2D eigenvalue weighted by atomic mass is 32.1. The van der Waals surface area contributed by atoms with Gasteiger partial charge in [0.05, 0.1) is 6.61 Å². The third kappa shape index (κ3) is 4.04. The highest BCUT2D eigenvalue weighted by Gasteiger charge is 2.21. The van der Waals surface area contributed by atoms with E-state index in [9.17, 15) is 4.79 Å². The SMILES string of the molecule is COCc1cccc(C(=O)NCC(C)N2CCc3sccc3C2)c1. The van der Waals surface area contributed by atoms with Gasteiger partial charge in [-0.05, 0) is 48.1 Å². The Morgan fingerprint density at radius 3 is 3.12 bits per heavy atom. The number of fused-ring (bicyclic) bond motifs is 1. The van der Waals surface area contributed by atoms with Gasteiger partial charge < -0.3 is 10.1 Å². The second-order valence-corrected chi connectivity index (χ2v) is 7.28. The van der Waals surface area contributed by atoms with Crippen molar-refractivity contribution in [2.45, 2.75) is 32.5 Å². The molecule has 1 atom stereocenters. The van der Waals surface area contributed by atoms with Crippen LogP contribution < -0.4 is 5.32 Å². The maximum atomic E-state index is 12.4. The van der Waals surface area contributed by atoms with Crippen LogP contribution in [0.25, 0.3) is 0 Å². The molecule has 2 aromatic rings. The number of nitrogens with zero attached hydrogens (tertiary/aromatic N) is 1. The number of ether oxygens (including phenoxy) is 1. The molecular formula is C19H24N2O2S. The zero-order valence-corrected chi connectivity index (χ0v) is 15.1. The van der Waals surface area contributed by atoms with Gasteiger partial charge >= 0.3 is 0 Å². The van der Waals surface area contributed by atoms with Crippen LogP contribution in [0.2, 0.25) is 0 Å². The molecule has 1 aromatic carbocycles. The minimum atomic E-state index is -0.0203. The molecule has 2 heterocycles. The van der Waals surface area contributed by atoms with E-state index in [1.807, 2.05) is 35.6 Å². The van der Waals surface area contributed by atoms with Crippen LogP contribution in [0.15, 0.2) is 35.7 Å². The summed E-state index contributed by atoms with van der Waals surface area (Å²) in [7, 11) is 1.66. The number of methoxy groups -OCH3 is 1. The predicted octanol–water partition coefficient (Wildman–Crippen LogP) is 3.07. The zero-order valence-electron chi connectivity index (χ0n) is 14.2. The molecule has 1 aromatic heterocycles. The first-order valence-corrected chi connectivity index (χ1v) is 9.20. The minimum Gasteiger partial charge on any atom is -0.380 e. The Labute approximate surface area is 147 Å². The van der Waals surface area contributed by atoms with Crippen molar-refractivity contribution in [3.8, 4) is 0 Å². The van der Waals surface area contributed by atoms with Crippen LogP contribution in [0.4, 0.5) is 0 Å². The zero-order chi connectivity index (χ0) is 16.9. The van der Waals surface area contributed by atoms with E-state index < -0.39 is 0 Å². The summed E-state index contributed by atoms with van der Waals surface area (Å²) in [5.74, 6) is -0.0203. The summed E-state index contributed by atoms with van der Waals surface area (Å²) in [5.41, 5.74) is 3.14. The van der Waals surface area contributed by atoms with Crippen molar-refractivity contribution >= 4 is 17.2 Å². The summed E-state index contributed by atoms with van der Waals surface area (Å²) in [4.78, 5) is 16.3. The number of nitrogens with one attached hydrogen (secondary N) is 1. The van der Waals surface area contributed by atoms with Gasteiger partial charge in [0.1, 0.15) is 0 Å². The largest absolute Gasteiger partial charge is 0.380 e. The fourth-order valence-corrected chi connectivity index (χ4v) is 3.98. The van der Waals surface area contributed by atoms with Crippen molar-refractivity contribution in [2.24, 2.45) is 0 Å². The van der Waals surface area contributed by atoms with Gasteiger partial charge in [0.2, 0.25) is 0 Å². The normalized spacial score (nSPS) is 15.8. The number of carbonyl (C=O) groups excluding carboxylic acids is 1. The molecule has 1 aliphatic rings. The van der Waals surface area contributed by atoms with E-state index in [1.54, 1.807) is 7.11 Å². The number of rotatable bonds is 6. The van der Waals surface area contributed by atoms with Gasteiger partial charge in [0.15, 0.2) is 0 Å². The lowest BCUT2D eigenvalue weighted by Crippen LogP contribution is -2.44. The smallest absolute Gasteiger partial charge is 0.251 e. The average molecular weight is 344 g/mol. The number of hydrogen-bond acceptors (Lipinski definition) is 4. The molecule has 5 heteroatoms. The van der Waals surface area contributed by atoms with Crippen molar-refractivity contribution < 1.29 is 9.53 Å².